The van der Waals surface area contributed by atoms with Crippen LogP contribution in [0.1, 0.15) is 25.5 Å². The Morgan fingerprint density at radius 3 is 2.63 bits per heavy atom. The van der Waals surface area contributed by atoms with E-state index in [4.69, 9.17) is 0 Å². The van der Waals surface area contributed by atoms with Crippen molar-refractivity contribution < 1.29 is 12.8 Å². The van der Waals surface area contributed by atoms with Crippen LogP contribution in [0.15, 0.2) is 35.9 Å². The van der Waals surface area contributed by atoms with E-state index in [2.05, 4.69) is 9.97 Å². The van der Waals surface area contributed by atoms with Gasteiger partial charge in [0.15, 0.2) is 0 Å². The summed E-state index contributed by atoms with van der Waals surface area (Å²) in [6.07, 6.45) is 4.30. The SMILES string of the molecule is CC(C)n1ccnc1S(=O)(=O)Cc1ccc(F)nc1. The van der Waals surface area contributed by atoms with Gasteiger partial charge in [-0.1, -0.05) is 6.07 Å². The summed E-state index contributed by atoms with van der Waals surface area (Å²) < 4.78 is 38.8. The van der Waals surface area contributed by atoms with Gasteiger partial charge in [-0.3, -0.25) is 0 Å². The second kappa shape index (κ2) is 5.08. The van der Waals surface area contributed by atoms with Gasteiger partial charge in [-0.2, -0.15) is 4.39 Å². The van der Waals surface area contributed by atoms with Crippen molar-refractivity contribution in [3.05, 3.63) is 42.2 Å². The molecule has 0 radical (unpaired) electrons. The highest BCUT2D eigenvalue weighted by Gasteiger charge is 2.22. The first-order valence-electron chi connectivity index (χ1n) is 5.76. The Kier molecular flexibility index (Phi) is 3.66. The van der Waals surface area contributed by atoms with Gasteiger partial charge < -0.3 is 4.57 Å². The van der Waals surface area contributed by atoms with Crippen LogP contribution in [0, 0.1) is 5.95 Å². The molecule has 0 N–H and O–H groups in total. The van der Waals surface area contributed by atoms with Crippen molar-refractivity contribution in [3.63, 3.8) is 0 Å². The third-order valence-corrected chi connectivity index (χ3v) is 4.20. The standard InChI is InChI=1S/C12H14FN3O2S/c1-9(2)16-6-5-14-12(16)19(17,18)8-10-3-4-11(13)15-7-10/h3-7,9H,8H2,1-2H3. The second-order valence-electron chi connectivity index (χ2n) is 4.46. The highest BCUT2D eigenvalue weighted by molar-refractivity contribution is 7.90. The Hall–Kier alpha value is -1.76. The molecule has 0 fully saturated rings. The first-order chi connectivity index (χ1) is 8.90. The maximum absolute atomic E-state index is 12.7. The fraction of sp³-hybridized carbons (Fsp3) is 0.333. The summed E-state index contributed by atoms with van der Waals surface area (Å²) in [6, 6.07) is 2.54. The van der Waals surface area contributed by atoms with E-state index in [1.165, 1.54) is 18.5 Å². The van der Waals surface area contributed by atoms with E-state index in [-0.39, 0.29) is 17.0 Å². The molecule has 0 aliphatic rings. The van der Waals surface area contributed by atoms with Gasteiger partial charge in [-0.25, -0.2) is 18.4 Å². The van der Waals surface area contributed by atoms with Crippen LogP contribution in [0.4, 0.5) is 4.39 Å². The highest BCUT2D eigenvalue weighted by atomic mass is 32.2. The van der Waals surface area contributed by atoms with E-state index in [0.29, 0.717) is 5.56 Å². The number of pyridine rings is 1. The summed E-state index contributed by atoms with van der Waals surface area (Å²) in [6.45, 7) is 3.75. The molecule has 2 aromatic rings. The molecule has 0 unspecified atom stereocenters. The first-order valence-corrected chi connectivity index (χ1v) is 7.41. The predicted molar refractivity (Wildman–Crippen MR) is 67.7 cm³/mol. The van der Waals surface area contributed by atoms with Gasteiger partial charge in [-0.15, -0.1) is 0 Å². The Balaban J connectivity index is 2.32. The summed E-state index contributed by atoms with van der Waals surface area (Å²) in [5.74, 6) is -0.880. The zero-order chi connectivity index (χ0) is 14.0. The number of imidazole rings is 1. The number of aromatic nitrogens is 3. The number of halogens is 1. The summed E-state index contributed by atoms with van der Waals surface area (Å²) in [7, 11) is -3.57. The van der Waals surface area contributed by atoms with Crippen molar-refractivity contribution in [1.29, 1.82) is 0 Å². The summed E-state index contributed by atoms with van der Waals surface area (Å²) in [5.41, 5.74) is 0.430. The summed E-state index contributed by atoms with van der Waals surface area (Å²) in [5, 5.41) is 0.0202. The van der Waals surface area contributed by atoms with Crippen molar-refractivity contribution in [2.75, 3.05) is 0 Å². The van der Waals surface area contributed by atoms with Crippen LogP contribution in [-0.2, 0) is 15.6 Å². The molecular formula is C12H14FN3O2S. The van der Waals surface area contributed by atoms with Crippen molar-refractivity contribution in [1.82, 2.24) is 14.5 Å². The lowest BCUT2D eigenvalue weighted by Crippen LogP contribution is -2.14. The maximum atomic E-state index is 12.7. The average Bonchev–Trinajstić information content (AvgIpc) is 2.82. The van der Waals surface area contributed by atoms with Gasteiger partial charge in [0, 0.05) is 24.6 Å². The van der Waals surface area contributed by atoms with E-state index in [0.717, 1.165) is 6.07 Å². The molecule has 0 saturated carbocycles. The Morgan fingerprint density at radius 1 is 1.32 bits per heavy atom. The summed E-state index contributed by atoms with van der Waals surface area (Å²) in [4.78, 5) is 7.35. The molecule has 0 atom stereocenters. The van der Waals surface area contributed by atoms with E-state index in [1.54, 1.807) is 10.8 Å². The van der Waals surface area contributed by atoms with E-state index in [1.807, 2.05) is 13.8 Å². The minimum atomic E-state index is -3.57. The van der Waals surface area contributed by atoms with Crippen molar-refractivity contribution in [2.24, 2.45) is 0 Å². The van der Waals surface area contributed by atoms with Gasteiger partial charge in [0.2, 0.25) is 20.9 Å². The van der Waals surface area contributed by atoms with Crippen molar-refractivity contribution >= 4 is 9.84 Å². The van der Waals surface area contributed by atoms with Crippen LogP contribution in [0.3, 0.4) is 0 Å². The Bertz CT molecular complexity index is 663. The fourth-order valence-electron chi connectivity index (χ4n) is 1.71. The van der Waals surface area contributed by atoms with E-state index in [9.17, 15) is 12.8 Å². The van der Waals surface area contributed by atoms with Gasteiger partial charge in [-0.05, 0) is 25.5 Å². The third-order valence-electron chi connectivity index (χ3n) is 2.61. The molecule has 0 aliphatic heterocycles. The molecule has 0 saturated heterocycles. The molecule has 19 heavy (non-hydrogen) atoms. The minimum Gasteiger partial charge on any atom is -0.319 e. The molecule has 2 rings (SSSR count). The normalized spacial score (nSPS) is 12.0. The quantitative estimate of drug-likeness (QED) is 0.805. The van der Waals surface area contributed by atoms with Gasteiger partial charge in [0.05, 0.1) is 5.75 Å². The number of hydrogen-bond donors (Lipinski definition) is 0. The Labute approximate surface area is 111 Å². The zero-order valence-corrected chi connectivity index (χ0v) is 11.4. The van der Waals surface area contributed by atoms with Crippen LogP contribution < -0.4 is 0 Å². The number of nitrogens with zero attached hydrogens (tertiary/aromatic N) is 3. The monoisotopic (exact) mass is 283 g/mol. The lowest BCUT2D eigenvalue weighted by atomic mass is 10.3. The van der Waals surface area contributed by atoms with E-state index >= 15 is 0 Å². The fourth-order valence-corrected chi connectivity index (χ4v) is 3.26. The highest BCUT2D eigenvalue weighted by Crippen LogP contribution is 2.18. The molecule has 5 nitrogen and oxygen atoms in total. The lowest BCUT2D eigenvalue weighted by molar-refractivity contribution is 0.519. The molecule has 0 aliphatic carbocycles. The molecule has 0 spiro atoms. The largest absolute Gasteiger partial charge is 0.319 e. The molecule has 0 amide bonds. The van der Waals surface area contributed by atoms with Gasteiger partial charge in [0.25, 0.3) is 0 Å². The molecule has 7 heteroatoms. The van der Waals surface area contributed by atoms with Crippen LogP contribution in [0.25, 0.3) is 0 Å². The molecule has 102 valence electrons. The van der Waals surface area contributed by atoms with Crippen molar-refractivity contribution in [3.8, 4) is 0 Å². The van der Waals surface area contributed by atoms with Gasteiger partial charge >= 0.3 is 0 Å². The number of rotatable bonds is 4. The number of sulfone groups is 1. The third kappa shape index (κ3) is 2.98. The van der Waals surface area contributed by atoms with Crippen LogP contribution >= 0.6 is 0 Å². The minimum absolute atomic E-state index is 0.00128. The molecule has 0 aromatic carbocycles. The second-order valence-corrected chi connectivity index (χ2v) is 6.34. The first kappa shape index (κ1) is 13.7. The number of hydrogen-bond acceptors (Lipinski definition) is 4. The lowest BCUT2D eigenvalue weighted by Gasteiger charge is -2.11. The topological polar surface area (TPSA) is 64.8 Å². The van der Waals surface area contributed by atoms with Crippen molar-refractivity contribution in [2.45, 2.75) is 30.8 Å². The predicted octanol–water partition coefficient (Wildman–Crippen LogP) is 1.97. The molecular weight excluding hydrogens is 269 g/mol. The Morgan fingerprint density at radius 2 is 2.05 bits per heavy atom. The average molecular weight is 283 g/mol. The van der Waals surface area contributed by atoms with Crippen LogP contribution in [0.5, 0.6) is 0 Å². The van der Waals surface area contributed by atoms with Crippen LogP contribution in [-0.4, -0.2) is 23.0 Å². The van der Waals surface area contributed by atoms with Crippen LogP contribution in [0.2, 0.25) is 0 Å². The smallest absolute Gasteiger partial charge is 0.228 e. The molecule has 0 bridgehead atoms. The summed E-state index contributed by atoms with van der Waals surface area (Å²) >= 11 is 0. The zero-order valence-electron chi connectivity index (χ0n) is 10.6. The van der Waals surface area contributed by atoms with E-state index < -0.39 is 15.8 Å². The van der Waals surface area contributed by atoms with Gasteiger partial charge in [0.1, 0.15) is 0 Å². The maximum Gasteiger partial charge on any atom is 0.228 e. The molecule has 2 aromatic heterocycles. The molecule has 2 heterocycles.